The lowest BCUT2D eigenvalue weighted by atomic mass is 9.88. The van der Waals surface area contributed by atoms with Crippen molar-refractivity contribution in [2.24, 2.45) is 5.41 Å². The smallest absolute Gasteiger partial charge is 0.311 e. The van der Waals surface area contributed by atoms with E-state index in [1.54, 1.807) is 20.9 Å². The first-order valence-corrected chi connectivity index (χ1v) is 4.61. The Kier molecular flexibility index (Phi) is 5.15. The van der Waals surface area contributed by atoms with E-state index in [4.69, 9.17) is 5.11 Å². The van der Waals surface area contributed by atoms with Crippen LogP contribution in [0.1, 0.15) is 20.3 Å². The van der Waals surface area contributed by atoms with Crippen LogP contribution in [0.4, 0.5) is 0 Å². The first-order valence-electron chi connectivity index (χ1n) is 4.61. The van der Waals surface area contributed by atoms with Gasteiger partial charge in [-0.1, -0.05) is 6.92 Å². The van der Waals surface area contributed by atoms with Gasteiger partial charge in [0, 0.05) is 6.54 Å². The molecule has 5 heteroatoms. The molecule has 1 amide bonds. The summed E-state index contributed by atoms with van der Waals surface area (Å²) in [5.41, 5.74) is -0.872. The summed E-state index contributed by atoms with van der Waals surface area (Å²) in [6.45, 7) is 3.78. The van der Waals surface area contributed by atoms with Crippen LogP contribution in [0.25, 0.3) is 0 Å². The van der Waals surface area contributed by atoms with Crippen molar-refractivity contribution in [2.75, 3.05) is 20.1 Å². The molecule has 0 spiro atoms. The van der Waals surface area contributed by atoms with Gasteiger partial charge in [-0.3, -0.25) is 9.59 Å². The van der Waals surface area contributed by atoms with Crippen LogP contribution in [0.15, 0.2) is 0 Å². The standard InChI is InChI=1S/C9H18N2O3/c1-4-9(2,8(13)14)6-11-7(12)5-10-3/h10H,4-6H2,1-3H3,(H,11,12)(H,13,14). The maximum atomic E-state index is 11.1. The van der Waals surface area contributed by atoms with E-state index >= 15 is 0 Å². The average molecular weight is 202 g/mol. The Labute approximate surface area is 83.9 Å². The second-order valence-electron chi connectivity index (χ2n) is 3.53. The van der Waals surface area contributed by atoms with Crippen LogP contribution < -0.4 is 10.6 Å². The van der Waals surface area contributed by atoms with Gasteiger partial charge in [0.15, 0.2) is 0 Å². The zero-order valence-electron chi connectivity index (χ0n) is 8.89. The molecule has 0 bridgehead atoms. The summed E-state index contributed by atoms with van der Waals surface area (Å²) in [5.74, 6) is -1.07. The molecule has 5 nitrogen and oxygen atoms in total. The van der Waals surface area contributed by atoms with Gasteiger partial charge in [-0.2, -0.15) is 0 Å². The Hall–Kier alpha value is -1.10. The number of carbonyl (C=O) groups excluding carboxylic acids is 1. The Bertz CT molecular complexity index is 218. The number of nitrogens with one attached hydrogen (secondary N) is 2. The van der Waals surface area contributed by atoms with Crippen molar-refractivity contribution in [3.05, 3.63) is 0 Å². The largest absolute Gasteiger partial charge is 0.481 e. The molecule has 0 aromatic carbocycles. The Morgan fingerprint density at radius 3 is 2.36 bits per heavy atom. The monoisotopic (exact) mass is 202 g/mol. The van der Waals surface area contributed by atoms with Crippen molar-refractivity contribution < 1.29 is 14.7 Å². The number of carboxylic acid groups (broad SMARTS) is 1. The van der Waals surface area contributed by atoms with E-state index in [0.717, 1.165) is 0 Å². The lowest BCUT2D eigenvalue weighted by Crippen LogP contribution is -2.43. The van der Waals surface area contributed by atoms with Crippen molar-refractivity contribution >= 4 is 11.9 Å². The highest BCUT2D eigenvalue weighted by molar-refractivity contribution is 5.80. The molecule has 0 aliphatic carbocycles. The molecule has 0 saturated heterocycles. The molecule has 1 unspecified atom stereocenters. The van der Waals surface area contributed by atoms with Gasteiger partial charge in [0.1, 0.15) is 0 Å². The molecule has 14 heavy (non-hydrogen) atoms. The number of hydrogen-bond donors (Lipinski definition) is 3. The minimum absolute atomic E-state index is 0.166. The number of carboxylic acids is 1. The summed E-state index contributed by atoms with van der Waals surface area (Å²) in [6.07, 6.45) is 0.488. The van der Waals surface area contributed by atoms with E-state index < -0.39 is 11.4 Å². The molecule has 0 fully saturated rings. The molecule has 0 heterocycles. The number of aliphatic carboxylic acids is 1. The quantitative estimate of drug-likeness (QED) is 0.558. The molecule has 0 aliphatic heterocycles. The van der Waals surface area contributed by atoms with Gasteiger partial charge >= 0.3 is 5.97 Å². The zero-order valence-corrected chi connectivity index (χ0v) is 8.89. The van der Waals surface area contributed by atoms with E-state index in [1.807, 2.05) is 0 Å². The summed E-state index contributed by atoms with van der Waals surface area (Å²) in [4.78, 5) is 21.9. The van der Waals surface area contributed by atoms with Crippen LogP contribution in [0.5, 0.6) is 0 Å². The maximum Gasteiger partial charge on any atom is 0.311 e. The van der Waals surface area contributed by atoms with E-state index in [9.17, 15) is 9.59 Å². The predicted molar refractivity (Wildman–Crippen MR) is 53.0 cm³/mol. The van der Waals surface area contributed by atoms with Gasteiger partial charge in [-0.25, -0.2) is 0 Å². The number of likely N-dealkylation sites (N-methyl/N-ethyl adjacent to an activating group) is 1. The predicted octanol–water partition coefficient (Wildman–Crippen LogP) is -0.177. The molecule has 3 N–H and O–H groups in total. The Morgan fingerprint density at radius 2 is 2.00 bits per heavy atom. The fraction of sp³-hybridized carbons (Fsp3) is 0.778. The first kappa shape index (κ1) is 12.9. The number of hydrogen-bond acceptors (Lipinski definition) is 3. The lowest BCUT2D eigenvalue weighted by Gasteiger charge is -2.23. The van der Waals surface area contributed by atoms with Gasteiger partial charge < -0.3 is 15.7 Å². The molecule has 1 atom stereocenters. The van der Waals surface area contributed by atoms with Crippen LogP contribution in [0.3, 0.4) is 0 Å². The molecule has 0 aromatic heterocycles. The highest BCUT2D eigenvalue weighted by Crippen LogP contribution is 2.19. The highest BCUT2D eigenvalue weighted by Gasteiger charge is 2.31. The highest BCUT2D eigenvalue weighted by atomic mass is 16.4. The van der Waals surface area contributed by atoms with Crippen LogP contribution >= 0.6 is 0 Å². The normalized spacial score (nSPS) is 14.5. The van der Waals surface area contributed by atoms with Gasteiger partial charge in [0.2, 0.25) is 5.91 Å². The summed E-state index contributed by atoms with van der Waals surface area (Å²) in [7, 11) is 1.66. The van der Waals surface area contributed by atoms with Crippen molar-refractivity contribution in [1.82, 2.24) is 10.6 Å². The fourth-order valence-corrected chi connectivity index (χ4v) is 0.869. The summed E-state index contributed by atoms with van der Waals surface area (Å²) in [6, 6.07) is 0. The first-order chi connectivity index (χ1) is 6.46. The second kappa shape index (κ2) is 5.59. The van der Waals surface area contributed by atoms with Gasteiger partial charge in [0.25, 0.3) is 0 Å². The molecule has 0 saturated carbocycles. The minimum Gasteiger partial charge on any atom is -0.481 e. The van der Waals surface area contributed by atoms with Crippen LogP contribution in [-0.4, -0.2) is 37.1 Å². The molecular weight excluding hydrogens is 184 g/mol. The van der Waals surface area contributed by atoms with Crippen LogP contribution in [0, 0.1) is 5.41 Å². The Balaban J connectivity index is 4.08. The maximum absolute atomic E-state index is 11.1. The molecule has 0 rings (SSSR count). The van der Waals surface area contributed by atoms with Crippen molar-refractivity contribution in [2.45, 2.75) is 20.3 Å². The summed E-state index contributed by atoms with van der Waals surface area (Å²) < 4.78 is 0. The van der Waals surface area contributed by atoms with E-state index in [0.29, 0.717) is 6.42 Å². The minimum atomic E-state index is -0.884. The molecule has 0 aliphatic rings. The number of rotatable bonds is 6. The third-order valence-electron chi connectivity index (χ3n) is 2.31. The Morgan fingerprint density at radius 1 is 1.43 bits per heavy atom. The van der Waals surface area contributed by atoms with Gasteiger partial charge in [0.05, 0.1) is 12.0 Å². The summed E-state index contributed by atoms with van der Waals surface area (Å²) >= 11 is 0. The molecule has 0 radical (unpaired) electrons. The van der Waals surface area contributed by atoms with E-state index in [1.165, 1.54) is 0 Å². The van der Waals surface area contributed by atoms with Crippen molar-refractivity contribution in [3.8, 4) is 0 Å². The number of amides is 1. The lowest BCUT2D eigenvalue weighted by molar-refractivity contribution is -0.148. The topological polar surface area (TPSA) is 78.4 Å². The third kappa shape index (κ3) is 3.74. The van der Waals surface area contributed by atoms with Crippen molar-refractivity contribution in [3.63, 3.8) is 0 Å². The molecular formula is C9H18N2O3. The zero-order chi connectivity index (χ0) is 11.2. The average Bonchev–Trinajstić information content (AvgIpc) is 2.14. The van der Waals surface area contributed by atoms with Gasteiger partial charge in [-0.05, 0) is 20.4 Å². The van der Waals surface area contributed by atoms with E-state index in [-0.39, 0.29) is 19.0 Å². The van der Waals surface area contributed by atoms with Crippen LogP contribution in [-0.2, 0) is 9.59 Å². The summed E-state index contributed by atoms with van der Waals surface area (Å²) in [5, 5.41) is 14.2. The SMILES string of the molecule is CCC(C)(CNC(=O)CNC)C(=O)O. The number of carbonyl (C=O) groups is 2. The van der Waals surface area contributed by atoms with Crippen LogP contribution in [0.2, 0.25) is 0 Å². The molecule has 0 aromatic rings. The molecule has 82 valence electrons. The fourth-order valence-electron chi connectivity index (χ4n) is 0.869. The van der Waals surface area contributed by atoms with Gasteiger partial charge in [-0.15, -0.1) is 0 Å². The van der Waals surface area contributed by atoms with Crippen molar-refractivity contribution in [1.29, 1.82) is 0 Å². The van der Waals surface area contributed by atoms with E-state index in [2.05, 4.69) is 10.6 Å². The second-order valence-corrected chi connectivity index (χ2v) is 3.53. The third-order valence-corrected chi connectivity index (χ3v) is 2.31.